The molecular formula is C17H28N2O. The Labute approximate surface area is 123 Å². The molecule has 0 spiro atoms. The first kappa shape index (κ1) is 15.5. The second kappa shape index (κ2) is 7.77. The summed E-state index contributed by atoms with van der Waals surface area (Å²) in [4.78, 5) is 2.64. The summed E-state index contributed by atoms with van der Waals surface area (Å²) in [6.07, 6.45) is 2.43. The van der Waals surface area contributed by atoms with E-state index >= 15 is 0 Å². The van der Waals surface area contributed by atoms with Crippen molar-refractivity contribution in [3.05, 3.63) is 35.9 Å². The molecule has 112 valence electrons. The molecule has 3 nitrogen and oxygen atoms in total. The third kappa shape index (κ3) is 3.60. The molecule has 2 rings (SSSR count). The van der Waals surface area contributed by atoms with Crippen molar-refractivity contribution in [3.63, 3.8) is 0 Å². The van der Waals surface area contributed by atoms with Crippen LogP contribution in [-0.2, 0) is 4.74 Å². The maximum atomic E-state index is 5.32. The third-order valence-electron chi connectivity index (χ3n) is 4.46. The van der Waals surface area contributed by atoms with E-state index in [0.29, 0.717) is 18.0 Å². The molecule has 1 heterocycles. The molecule has 1 saturated heterocycles. The van der Waals surface area contributed by atoms with Gasteiger partial charge in [-0.1, -0.05) is 37.3 Å². The van der Waals surface area contributed by atoms with Crippen LogP contribution in [0.3, 0.4) is 0 Å². The second-order valence-corrected chi connectivity index (χ2v) is 5.76. The summed E-state index contributed by atoms with van der Waals surface area (Å²) in [7, 11) is 3.88. The number of methoxy groups -OCH3 is 1. The highest BCUT2D eigenvalue weighted by atomic mass is 16.5. The molecule has 1 N–H and O–H groups in total. The molecule has 1 aromatic carbocycles. The normalized spacial score (nSPS) is 22.9. The number of hydrogen-bond donors (Lipinski definition) is 1. The lowest BCUT2D eigenvalue weighted by Gasteiger charge is -2.34. The smallest absolute Gasteiger partial charge is 0.0503 e. The van der Waals surface area contributed by atoms with E-state index in [-0.39, 0.29) is 0 Å². The summed E-state index contributed by atoms with van der Waals surface area (Å²) in [6, 6.07) is 11.8. The Morgan fingerprint density at radius 2 is 2.10 bits per heavy atom. The van der Waals surface area contributed by atoms with Gasteiger partial charge < -0.3 is 10.1 Å². The fourth-order valence-electron chi connectivity index (χ4n) is 3.48. The van der Waals surface area contributed by atoms with E-state index in [9.17, 15) is 0 Å². The van der Waals surface area contributed by atoms with Crippen LogP contribution < -0.4 is 5.32 Å². The van der Waals surface area contributed by atoms with E-state index in [1.807, 2.05) is 0 Å². The quantitative estimate of drug-likeness (QED) is 0.828. The average Bonchev–Trinajstić information content (AvgIpc) is 2.94. The van der Waals surface area contributed by atoms with Gasteiger partial charge in [-0.25, -0.2) is 0 Å². The number of nitrogens with zero attached hydrogens (tertiary/aromatic N) is 1. The average molecular weight is 276 g/mol. The van der Waals surface area contributed by atoms with Crippen molar-refractivity contribution in [2.45, 2.75) is 31.8 Å². The van der Waals surface area contributed by atoms with Gasteiger partial charge in [0.1, 0.15) is 0 Å². The highest BCUT2D eigenvalue weighted by molar-refractivity contribution is 5.20. The first-order chi connectivity index (χ1) is 9.80. The van der Waals surface area contributed by atoms with Crippen LogP contribution in [0.2, 0.25) is 0 Å². The molecule has 3 heteroatoms. The van der Waals surface area contributed by atoms with Crippen molar-refractivity contribution < 1.29 is 4.74 Å². The SMILES string of the molecule is CCC(C(NC)c1ccccc1)N1CCC(COC)C1. The molecule has 1 aromatic rings. The Morgan fingerprint density at radius 1 is 1.35 bits per heavy atom. The lowest BCUT2D eigenvalue weighted by molar-refractivity contribution is 0.138. The number of ether oxygens (including phenoxy) is 1. The molecule has 1 aliphatic rings. The van der Waals surface area contributed by atoms with Crippen LogP contribution in [0.5, 0.6) is 0 Å². The summed E-state index contributed by atoms with van der Waals surface area (Å²) >= 11 is 0. The highest BCUT2D eigenvalue weighted by Gasteiger charge is 2.31. The van der Waals surface area contributed by atoms with E-state index in [4.69, 9.17) is 4.74 Å². The van der Waals surface area contributed by atoms with Gasteiger partial charge in [-0.05, 0) is 37.9 Å². The van der Waals surface area contributed by atoms with Crippen molar-refractivity contribution in [3.8, 4) is 0 Å². The lowest BCUT2D eigenvalue weighted by atomic mass is 9.96. The lowest BCUT2D eigenvalue weighted by Crippen LogP contribution is -2.42. The summed E-state index contributed by atoms with van der Waals surface area (Å²) < 4.78 is 5.32. The van der Waals surface area contributed by atoms with E-state index in [0.717, 1.165) is 13.2 Å². The Kier molecular flexibility index (Phi) is 6.02. The minimum Gasteiger partial charge on any atom is -0.384 e. The van der Waals surface area contributed by atoms with Crippen LogP contribution in [0.1, 0.15) is 31.4 Å². The van der Waals surface area contributed by atoms with Crippen molar-refractivity contribution in [1.29, 1.82) is 0 Å². The van der Waals surface area contributed by atoms with Crippen LogP contribution in [0.4, 0.5) is 0 Å². The number of benzene rings is 1. The van der Waals surface area contributed by atoms with Gasteiger partial charge in [0, 0.05) is 25.7 Å². The molecule has 0 bridgehead atoms. The summed E-state index contributed by atoms with van der Waals surface area (Å²) in [5.41, 5.74) is 1.39. The third-order valence-corrected chi connectivity index (χ3v) is 4.46. The zero-order chi connectivity index (χ0) is 14.4. The molecule has 0 amide bonds. The van der Waals surface area contributed by atoms with Crippen molar-refractivity contribution in [2.24, 2.45) is 5.92 Å². The number of rotatable bonds is 7. The monoisotopic (exact) mass is 276 g/mol. The van der Waals surface area contributed by atoms with Crippen molar-refractivity contribution in [2.75, 3.05) is 33.9 Å². The zero-order valence-electron chi connectivity index (χ0n) is 13.0. The molecule has 20 heavy (non-hydrogen) atoms. The van der Waals surface area contributed by atoms with E-state index in [1.54, 1.807) is 7.11 Å². The minimum absolute atomic E-state index is 0.405. The molecule has 0 aromatic heterocycles. The summed E-state index contributed by atoms with van der Waals surface area (Å²) in [6.45, 7) is 5.54. The van der Waals surface area contributed by atoms with Gasteiger partial charge >= 0.3 is 0 Å². The van der Waals surface area contributed by atoms with Crippen LogP contribution in [0.15, 0.2) is 30.3 Å². The predicted octanol–water partition coefficient (Wildman–Crippen LogP) is 2.69. The van der Waals surface area contributed by atoms with Gasteiger partial charge in [0.2, 0.25) is 0 Å². The molecule has 0 aliphatic carbocycles. The Bertz CT molecular complexity index is 382. The molecule has 0 radical (unpaired) electrons. The van der Waals surface area contributed by atoms with Crippen LogP contribution in [0.25, 0.3) is 0 Å². The maximum absolute atomic E-state index is 5.32. The Balaban J connectivity index is 2.07. The number of nitrogens with one attached hydrogen (secondary N) is 1. The molecule has 3 unspecified atom stereocenters. The van der Waals surface area contributed by atoms with E-state index in [1.165, 1.54) is 24.9 Å². The Morgan fingerprint density at radius 3 is 2.70 bits per heavy atom. The largest absolute Gasteiger partial charge is 0.384 e. The first-order valence-corrected chi connectivity index (χ1v) is 7.75. The van der Waals surface area contributed by atoms with E-state index < -0.39 is 0 Å². The minimum atomic E-state index is 0.405. The molecule has 3 atom stereocenters. The summed E-state index contributed by atoms with van der Waals surface area (Å²) in [5, 5.41) is 3.52. The molecular weight excluding hydrogens is 248 g/mol. The topological polar surface area (TPSA) is 24.5 Å². The van der Waals surface area contributed by atoms with Gasteiger partial charge in [-0.2, -0.15) is 0 Å². The standard InChI is InChI=1S/C17H28N2O/c1-4-16(19-11-10-14(12-19)13-20-3)17(18-2)15-8-6-5-7-9-15/h5-9,14,16-18H,4,10-13H2,1-3H3. The first-order valence-electron chi connectivity index (χ1n) is 7.75. The zero-order valence-corrected chi connectivity index (χ0v) is 13.0. The molecule has 1 fully saturated rings. The molecule has 0 saturated carbocycles. The number of likely N-dealkylation sites (tertiary alicyclic amines) is 1. The van der Waals surface area contributed by atoms with Gasteiger partial charge in [0.25, 0.3) is 0 Å². The van der Waals surface area contributed by atoms with Gasteiger partial charge in [0.15, 0.2) is 0 Å². The van der Waals surface area contributed by atoms with Crippen LogP contribution >= 0.6 is 0 Å². The van der Waals surface area contributed by atoms with Crippen LogP contribution in [-0.4, -0.2) is 44.8 Å². The number of likely N-dealkylation sites (N-methyl/N-ethyl adjacent to an activating group) is 1. The van der Waals surface area contributed by atoms with Crippen molar-refractivity contribution >= 4 is 0 Å². The van der Waals surface area contributed by atoms with Gasteiger partial charge in [-0.3, -0.25) is 4.90 Å². The fourth-order valence-corrected chi connectivity index (χ4v) is 3.48. The predicted molar refractivity (Wildman–Crippen MR) is 83.9 cm³/mol. The van der Waals surface area contributed by atoms with Crippen molar-refractivity contribution in [1.82, 2.24) is 10.2 Å². The maximum Gasteiger partial charge on any atom is 0.0503 e. The Hall–Kier alpha value is -0.900. The second-order valence-electron chi connectivity index (χ2n) is 5.76. The number of hydrogen-bond acceptors (Lipinski definition) is 3. The van der Waals surface area contributed by atoms with Gasteiger partial charge in [0.05, 0.1) is 6.61 Å². The molecule has 1 aliphatic heterocycles. The fraction of sp³-hybridized carbons (Fsp3) is 0.647. The highest BCUT2D eigenvalue weighted by Crippen LogP contribution is 2.28. The van der Waals surface area contributed by atoms with Crippen LogP contribution in [0, 0.1) is 5.92 Å². The van der Waals surface area contributed by atoms with E-state index in [2.05, 4.69) is 54.5 Å². The van der Waals surface area contributed by atoms with Gasteiger partial charge in [-0.15, -0.1) is 0 Å². The summed E-state index contributed by atoms with van der Waals surface area (Å²) in [5.74, 6) is 0.697.